The van der Waals surface area contributed by atoms with E-state index >= 15 is 0 Å². The molecular weight excluding hydrogens is 168 g/mol. The van der Waals surface area contributed by atoms with Crippen LogP contribution in [0.15, 0.2) is 4.99 Å². The second-order valence-corrected chi connectivity index (χ2v) is 2.80. The topological polar surface area (TPSA) is 83.4 Å². The van der Waals surface area contributed by atoms with Crippen molar-refractivity contribution in [2.75, 3.05) is 13.2 Å². The molecule has 0 aromatic heterocycles. The van der Waals surface area contributed by atoms with Gasteiger partial charge in [0.2, 0.25) is 12.2 Å². The number of nitrogens with one attached hydrogen (secondary N) is 1. The van der Waals surface area contributed by atoms with Gasteiger partial charge in [-0.25, -0.2) is 0 Å². The average Bonchev–Trinajstić information content (AvgIpc) is 2.03. The molecule has 0 aromatic carbocycles. The Morgan fingerprint density at radius 1 is 1.69 bits per heavy atom. The lowest BCUT2D eigenvalue weighted by atomic mass is 10.4. The van der Waals surface area contributed by atoms with E-state index in [4.69, 9.17) is 15.7 Å². The van der Waals surface area contributed by atoms with Crippen molar-refractivity contribution in [3.8, 4) is 6.19 Å². The van der Waals surface area contributed by atoms with E-state index in [9.17, 15) is 0 Å². The Hall–Kier alpha value is -1.28. The van der Waals surface area contributed by atoms with Crippen molar-refractivity contribution in [2.45, 2.75) is 26.4 Å². The molecular formula is C8H16N4O. The van der Waals surface area contributed by atoms with E-state index in [1.807, 2.05) is 13.8 Å². The maximum Gasteiger partial charge on any atom is 0.209 e. The van der Waals surface area contributed by atoms with Gasteiger partial charge in [-0.05, 0) is 20.3 Å². The zero-order chi connectivity index (χ0) is 10.1. The number of aliphatic imine (C=N–C) groups is 1. The number of nitrogens with zero attached hydrogens (tertiary/aromatic N) is 2. The number of nitrogens with two attached hydrogens (primary N) is 1. The molecule has 13 heavy (non-hydrogen) atoms. The molecule has 0 spiro atoms. The highest BCUT2D eigenvalue weighted by molar-refractivity contribution is 5.78. The number of ether oxygens (including phenoxy) is 1. The van der Waals surface area contributed by atoms with E-state index in [1.54, 1.807) is 6.19 Å². The first kappa shape index (κ1) is 11.7. The number of hydrogen-bond acceptors (Lipinski definition) is 3. The minimum Gasteiger partial charge on any atom is -0.379 e. The van der Waals surface area contributed by atoms with Gasteiger partial charge in [0, 0.05) is 13.2 Å². The highest BCUT2D eigenvalue weighted by Crippen LogP contribution is 1.88. The van der Waals surface area contributed by atoms with Gasteiger partial charge in [-0.1, -0.05) is 0 Å². The molecule has 0 bridgehead atoms. The van der Waals surface area contributed by atoms with Crippen LogP contribution in [0.5, 0.6) is 0 Å². The monoisotopic (exact) mass is 184 g/mol. The summed E-state index contributed by atoms with van der Waals surface area (Å²) >= 11 is 0. The van der Waals surface area contributed by atoms with Crippen LogP contribution in [0.25, 0.3) is 0 Å². The first-order valence-electron chi connectivity index (χ1n) is 4.24. The number of nitriles is 1. The third-order valence-corrected chi connectivity index (χ3v) is 1.25. The zero-order valence-corrected chi connectivity index (χ0v) is 8.08. The maximum absolute atomic E-state index is 8.13. The molecule has 0 radical (unpaired) electrons. The van der Waals surface area contributed by atoms with Gasteiger partial charge in [0.05, 0.1) is 6.10 Å². The third-order valence-electron chi connectivity index (χ3n) is 1.25. The van der Waals surface area contributed by atoms with E-state index in [1.165, 1.54) is 0 Å². The van der Waals surface area contributed by atoms with Gasteiger partial charge < -0.3 is 15.8 Å². The third kappa shape index (κ3) is 8.63. The summed E-state index contributed by atoms with van der Waals surface area (Å²) in [5, 5.41) is 10.9. The SMILES string of the molecule is CC(C)OCCCNC(N)=NC#N. The molecule has 0 heterocycles. The van der Waals surface area contributed by atoms with Crippen molar-refractivity contribution in [2.24, 2.45) is 10.7 Å². The molecule has 0 saturated carbocycles. The maximum atomic E-state index is 8.13. The Balaban J connectivity index is 3.27. The summed E-state index contributed by atoms with van der Waals surface area (Å²) in [6, 6.07) is 0. The summed E-state index contributed by atoms with van der Waals surface area (Å²) in [6.07, 6.45) is 2.70. The Bertz CT molecular complexity index is 195. The smallest absolute Gasteiger partial charge is 0.209 e. The summed E-state index contributed by atoms with van der Waals surface area (Å²) in [5.74, 6) is 0.159. The standard InChI is InChI=1S/C8H16N4O/c1-7(2)13-5-3-4-11-8(10)12-6-9/h7H,3-5H2,1-2H3,(H3,10,11,12). The van der Waals surface area contributed by atoms with E-state index in [0.717, 1.165) is 6.42 Å². The van der Waals surface area contributed by atoms with Crippen LogP contribution < -0.4 is 11.1 Å². The van der Waals surface area contributed by atoms with E-state index in [0.29, 0.717) is 13.2 Å². The van der Waals surface area contributed by atoms with Crippen molar-refractivity contribution in [3.63, 3.8) is 0 Å². The Kier molecular flexibility index (Phi) is 6.65. The van der Waals surface area contributed by atoms with E-state index in [-0.39, 0.29) is 12.1 Å². The van der Waals surface area contributed by atoms with E-state index < -0.39 is 0 Å². The second kappa shape index (κ2) is 7.37. The molecule has 74 valence electrons. The molecule has 0 atom stereocenters. The quantitative estimate of drug-likeness (QED) is 0.276. The number of rotatable bonds is 5. The van der Waals surface area contributed by atoms with E-state index in [2.05, 4.69) is 10.3 Å². The lowest BCUT2D eigenvalue weighted by molar-refractivity contribution is 0.0777. The number of guanidine groups is 1. The van der Waals surface area contributed by atoms with Crippen molar-refractivity contribution in [3.05, 3.63) is 0 Å². The molecule has 0 unspecified atom stereocenters. The van der Waals surface area contributed by atoms with Crippen LogP contribution in [-0.2, 0) is 4.74 Å². The van der Waals surface area contributed by atoms with Crippen LogP contribution in [0.4, 0.5) is 0 Å². The Labute approximate surface area is 78.6 Å². The average molecular weight is 184 g/mol. The zero-order valence-electron chi connectivity index (χ0n) is 8.08. The molecule has 0 rings (SSSR count). The van der Waals surface area contributed by atoms with Crippen LogP contribution in [0.3, 0.4) is 0 Å². The van der Waals surface area contributed by atoms with Crippen LogP contribution >= 0.6 is 0 Å². The predicted octanol–water partition coefficient (Wildman–Crippen LogP) is 0.187. The highest BCUT2D eigenvalue weighted by Gasteiger charge is 1.93. The molecule has 0 amide bonds. The Morgan fingerprint density at radius 3 is 2.92 bits per heavy atom. The summed E-state index contributed by atoms with van der Waals surface area (Å²) in [4.78, 5) is 3.31. The lowest BCUT2D eigenvalue weighted by Crippen LogP contribution is -2.32. The molecule has 3 N–H and O–H groups in total. The summed E-state index contributed by atoms with van der Waals surface area (Å²) in [5.41, 5.74) is 5.30. The summed E-state index contributed by atoms with van der Waals surface area (Å²) in [7, 11) is 0. The van der Waals surface area contributed by atoms with Crippen molar-refractivity contribution >= 4 is 5.96 Å². The summed E-state index contributed by atoms with van der Waals surface area (Å²) in [6.45, 7) is 5.33. The van der Waals surface area contributed by atoms with Crippen LogP contribution in [-0.4, -0.2) is 25.2 Å². The van der Waals surface area contributed by atoms with Gasteiger partial charge in [0.25, 0.3) is 0 Å². The molecule has 0 aromatic rings. The fourth-order valence-corrected chi connectivity index (χ4v) is 0.701. The largest absolute Gasteiger partial charge is 0.379 e. The fraction of sp³-hybridized carbons (Fsp3) is 0.750. The van der Waals surface area contributed by atoms with Gasteiger partial charge in [-0.2, -0.15) is 5.26 Å². The first-order valence-corrected chi connectivity index (χ1v) is 4.24. The Morgan fingerprint density at radius 2 is 2.38 bits per heavy atom. The number of hydrogen-bond donors (Lipinski definition) is 2. The summed E-state index contributed by atoms with van der Waals surface area (Å²) < 4.78 is 5.30. The second-order valence-electron chi connectivity index (χ2n) is 2.80. The van der Waals surface area contributed by atoms with Gasteiger partial charge in [-0.3, -0.25) is 0 Å². The molecule has 5 heteroatoms. The van der Waals surface area contributed by atoms with Gasteiger partial charge >= 0.3 is 0 Å². The van der Waals surface area contributed by atoms with Gasteiger partial charge in [0.15, 0.2) is 0 Å². The molecule has 0 saturated heterocycles. The molecule has 0 fully saturated rings. The minimum atomic E-state index is 0.159. The minimum absolute atomic E-state index is 0.159. The molecule has 0 aliphatic rings. The molecule has 0 aliphatic carbocycles. The van der Waals surface area contributed by atoms with Crippen LogP contribution in [0, 0.1) is 11.5 Å². The van der Waals surface area contributed by atoms with Crippen molar-refractivity contribution in [1.29, 1.82) is 5.26 Å². The van der Waals surface area contributed by atoms with Gasteiger partial charge in [0.1, 0.15) is 0 Å². The van der Waals surface area contributed by atoms with Gasteiger partial charge in [-0.15, -0.1) is 4.99 Å². The molecule has 5 nitrogen and oxygen atoms in total. The van der Waals surface area contributed by atoms with Crippen LogP contribution in [0.2, 0.25) is 0 Å². The van der Waals surface area contributed by atoms with Crippen molar-refractivity contribution in [1.82, 2.24) is 5.32 Å². The first-order chi connectivity index (χ1) is 6.16. The fourth-order valence-electron chi connectivity index (χ4n) is 0.701. The van der Waals surface area contributed by atoms with Crippen molar-refractivity contribution < 1.29 is 4.74 Å². The lowest BCUT2D eigenvalue weighted by Gasteiger charge is -2.07. The molecule has 0 aliphatic heterocycles. The van der Waals surface area contributed by atoms with Crippen LogP contribution in [0.1, 0.15) is 20.3 Å². The normalized spacial score (nSPS) is 11.4. The predicted molar refractivity (Wildman–Crippen MR) is 50.9 cm³/mol. The highest BCUT2D eigenvalue weighted by atomic mass is 16.5.